The van der Waals surface area contributed by atoms with Gasteiger partial charge in [0, 0.05) is 5.56 Å². The van der Waals surface area contributed by atoms with Crippen LogP contribution in [-0.4, -0.2) is 24.5 Å². The van der Waals surface area contributed by atoms with Crippen molar-refractivity contribution in [3.63, 3.8) is 0 Å². The number of carbonyl (C=O) groups excluding carboxylic acids is 2. The molecule has 33 heavy (non-hydrogen) atoms. The summed E-state index contributed by atoms with van der Waals surface area (Å²) in [6.45, 7) is 6.60. The number of amides is 1. The van der Waals surface area contributed by atoms with Gasteiger partial charge in [0.2, 0.25) is 0 Å². The van der Waals surface area contributed by atoms with Gasteiger partial charge in [-0.2, -0.15) is 0 Å². The Hall–Kier alpha value is -1.91. The van der Waals surface area contributed by atoms with Gasteiger partial charge in [0.25, 0.3) is 5.91 Å². The van der Waals surface area contributed by atoms with E-state index in [2.05, 4.69) is 12.2 Å². The van der Waals surface area contributed by atoms with Crippen molar-refractivity contribution >= 4 is 11.9 Å². The Kier molecular flexibility index (Phi) is 16.3. The first-order valence-corrected chi connectivity index (χ1v) is 13.2. The summed E-state index contributed by atoms with van der Waals surface area (Å²) in [5.74, 6) is -1.13. The molecule has 0 aliphatic heterocycles. The van der Waals surface area contributed by atoms with Crippen LogP contribution in [0.4, 0.5) is 4.39 Å². The summed E-state index contributed by atoms with van der Waals surface area (Å²) in [6, 6.07) is 4.74. The normalized spacial score (nSPS) is 12.0. The van der Waals surface area contributed by atoms with E-state index >= 15 is 0 Å². The number of ether oxygens (including phenoxy) is 1. The van der Waals surface area contributed by atoms with E-state index in [9.17, 15) is 14.0 Å². The average molecular weight is 464 g/mol. The highest BCUT2D eigenvalue weighted by Crippen LogP contribution is 2.13. The number of hydrogen-bond acceptors (Lipinski definition) is 3. The van der Waals surface area contributed by atoms with Crippen LogP contribution < -0.4 is 5.32 Å². The van der Waals surface area contributed by atoms with Crippen LogP contribution >= 0.6 is 0 Å². The first-order chi connectivity index (χ1) is 15.9. The van der Waals surface area contributed by atoms with Crippen LogP contribution in [0.3, 0.4) is 0 Å². The van der Waals surface area contributed by atoms with Gasteiger partial charge in [0.15, 0.2) is 0 Å². The predicted molar refractivity (Wildman–Crippen MR) is 134 cm³/mol. The van der Waals surface area contributed by atoms with E-state index < -0.39 is 23.7 Å². The maximum atomic E-state index is 13.4. The molecule has 0 aliphatic carbocycles. The lowest BCUT2D eigenvalue weighted by Crippen LogP contribution is -2.42. The minimum Gasteiger partial charge on any atom is -0.464 e. The molecule has 0 fully saturated rings. The Morgan fingerprint density at radius 3 is 1.94 bits per heavy atom. The zero-order valence-corrected chi connectivity index (χ0v) is 21.2. The fraction of sp³-hybridized carbons (Fsp3) is 0.714. The Morgan fingerprint density at radius 2 is 1.42 bits per heavy atom. The quantitative estimate of drug-likeness (QED) is 0.170. The van der Waals surface area contributed by atoms with Gasteiger partial charge in [-0.1, -0.05) is 104 Å². The molecule has 1 aromatic rings. The number of hydrogen-bond donors (Lipinski definition) is 1. The smallest absolute Gasteiger partial charge is 0.328 e. The van der Waals surface area contributed by atoms with Crippen LogP contribution in [0.2, 0.25) is 0 Å². The zero-order chi connectivity index (χ0) is 24.3. The van der Waals surface area contributed by atoms with Crippen LogP contribution in [-0.2, 0) is 9.53 Å². The third kappa shape index (κ3) is 14.8. The number of rotatable bonds is 19. The Morgan fingerprint density at radius 1 is 0.879 bits per heavy atom. The first kappa shape index (κ1) is 29.1. The zero-order valence-electron chi connectivity index (χ0n) is 21.2. The lowest BCUT2D eigenvalue weighted by molar-refractivity contribution is -0.146. The monoisotopic (exact) mass is 463 g/mol. The van der Waals surface area contributed by atoms with E-state index in [0.717, 1.165) is 12.8 Å². The Labute approximate surface area is 201 Å². The van der Waals surface area contributed by atoms with Gasteiger partial charge < -0.3 is 10.1 Å². The van der Waals surface area contributed by atoms with Crippen molar-refractivity contribution in [1.82, 2.24) is 5.32 Å². The summed E-state index contributed by atoms with van der Waals surface area (Å²) >= 11 is 0. The van der Waals surface area contributed by atoms with Crippen molar-refractivity contribution in [2.45, 2.75) is 117 Å². The van der Waals surface area contributed by atoms with Crippen LogP contribution in [0.5, 0.6) is 0 Å². The van der Waals surface area contributed by atoms with Crippen molar-refractivity contribution in [3.05, 3.63) is 35.6 Å². The van der Waals surface area contributed by atoms with Gasteiger partial charge >= 0.3 is 5.97 Å². The molecule has 1 N–H and O–H groups in total. The van der Waals surface area contributed by atoms with Crippen LogP contribution in [0.1, 0.15) is 121 Å². The number of esters is 1. The fourth-order valence-electron chi connectivity index (χ4n) is 3.95. The SMILES string of the molecule is CCCCCCCCCCCCCCCOC(=O)C(CC(C)C)NC(=O)c1cccc(F)c1. The van der Waals surface area contributed by atoms with Gasteiger partial charge in [-0.05, 0) is 37.0 Å². The molecule has 188 valence electrons. The van der Waals surface area contributed by atoms with E-state index in [0.29, 0.717) is 13.0 Å². The van der Waals surface area contributed by atoms with Crippen molar-refractivity contribution in [3.8, 4) is 0 Å². The van der Waals surface area contributed by atoms with Gasteiger partial charge in [-0.3, -0.25) is 4.79 Å². The van der Waals surface area contributed by atoms with E-state index in [1.165, 1.54) is 94.9 Å². The molecule has 0 spiro atoms. The van der Waals surface area contributed by atoms with Crippen LogP contribution in [0.25, 0.3) is 0 Å². The summed E-state index contributed by atoms with van der Waals surface area (Å²) < 4.78 is 18.8. The number of benzene rings is 1. The summed E-state index contributed by atoms with van der Waals surface area (Å²) in [6.07, 6.45) is 17.0. The van der Waals surface area contributed by atoms with Crippen LogP contribution in [0, 0.1) is 11.7 Å². The Bertz CT molecular complexity index is 662. The topological polar surface area (TPSA) is 55.4 Å². The minimum atomic E-state index is -0.720. The molecule has 0 aliphatic rings. The van der Waals surface area contributed by atoms with Crippen molar-refractivity contribution in [2.75, 3.05) is 6.61 Å². The average Bonchev–Trinajstić information content (AvgIpc) is 2.78. The van der Waals surface area contributed by atoms with E-state index in [1.807, 2.05) is 13.8 Å². The molecule has 0 heterocycles. The van der Waals surface area contributed by atoms with E-state index in [1.54, 1.807) is 0 Å². The standard InChI is InChI=1S/C28H46FNO3/c1-4-5-6-7-8-9-10-11-12-13-14-15-16-20-33-28(32)26(21-23(2)3)30-27(31)24-18-17-19-25(29)22-24/h17-19,22-23,26H,4-16,20-21H2,1-3H3,(H,30,31). The molecule has 1 rings (SSSR count). The van der Waals surface area contributed by atoms with Gasteiger partial charge in [0.05, 0.1) is 6.61 Å². The predicted octanol–water partition coefficient (Wildman–Crippen LogP) is 7.60. The highest BCUT2D eigenvalue weighted by molar-refractivity contribution is 5.96. The number of halogens is 1. The van der Waals surface area contributed by atoms with Gasteiger partial charge in [-0.15, -0.1) is 0 Å². The molecule has 1 amide bonds. The molecule has 5 heteroatoms. The highest BCUT2D eigenvalue weighted by atomic mass is 19.1. The largest absolute Gasteiger partial charge is 0.464 e. The lowest BCUT2D eigenvalue weighted by Gasteiger charge is -2.19. The molecule has 1 aromatic carbocycles. The summed E-state index contributed by atoms with van der Waals surface area (Å²) in [5, 5.41) is 2.71. The second-order valence-corrected chi connectivity index (χ2v) is 9.58. The molecule has 0 saturated carbocycles. The number of nitrogens with one attached hydrogen (secondary N) is 1. The molecular weight excluding hydrogens is 417 g/mol. The summed E-state index contributed by atoms with van der Waals surface area (Å²) in [5.41, 5.74) is 0.202. The number of carbonyl (C=O) groups is 2. The van der Waals surface area contributed by atoms with E-state index in [4.69, 9.17) is 4.74 Å². The molecule has 0 radical (unpaired) electrons. The third-order valence-electron chi connectivity index (χ3n) is 5.88. The van der Waals surface area contributed by atoms with Crippen LogP contribution in [0.15, 0.2) is 24.3 Å². The molecule has 4 nitrogen and oxygen atoms in total. The van der Waals surface area contributed by atoms with Crippen molar-refractivity contribution in [1.29, 1.82) is 0 Å². The molecule has 1 unspecified atom stereocenters. The minimum absolute atomic E-state index is 0.202. The molecule has 0 aromatic heterocycles. The maximum absolute atomic E-state index is 13.4. The second-order valence-electron chi connectivity index (χ2n) is 9.58. The summed E-state index contributed by atoms with van der Waals surface area (Å²) in [7, 11) is 0. The first-order valence-electron chi connectivity index (χ1n) is 13.2. The third-order valence-corrected chi connectivity index (χ3v) is 5.88. The lowest BCUT2D eigenvalue weighted by atomic mass is 10.0. The molecule has 1 atom stereocenters. The fourth-order valence-corrected chi connectivity index (χ4v) is 3.95. The van der Waals surface area contributed by atoms with Gasteiger partial charge in [-0.25, -0.2) is 9.18 Å². The Balaban J connectivity index is 2.16. The van der Waals surface area contributed by atoms with Gasteiger partial charge in [0.1, 0.15) is 11.9 Å². The molecule has 0 saturated heterocycles. The maximum Gasteiger partial charge on any atom is 0.328 e. The van der Waals surface area contributed by atoms with Crippen molar-refractivity contribution < 1.29 is 18.7 Å². The van der Waals surface area contributed by atoms with Crippen molar-refractivity contribution in [2.24, 2.45) is 5.92 Å². The number of unbranched alkanes of at least 4 members (excludes halogenated alkanes) is 12. The molecular formula is C28H46FNO3. The second kappa shape index (κ2) is 18.5. The van der Waals surface area contributed by atoms with E-state index in [-0.39, 0.29) is 11.5 Å². The highest BCUT2D eigenvalue weighted by Gasteiger charge is 2.24. The summed E-state index contributed by atoms with van der Waals surface area (Å²) in [4.78, 5) is 24.9. The molecule has 0 bridgehead atoms.